The summed E-state index contributed by atoms with van der Waals surface area (Å²) in [6.07, 6.45) is 17.2. The maximum Gasteiger partial charge on any atom is 0.0778 e. The van der Waals surface area contributed by atoms with Gasteiger partial charge >= 0.3 is 0 Å². The van der Waals surface area contributed by atoms with E-state index in [0.29, 0.717) is 11.8 Å². The van der Waals surface area contributed by atoms with Gasteiger partial charge in [0.1, 0.15) is 0 Å². The summed E-state index contributed by atoms with van der Waals surface area (Å²) in [6, 6.07) is 0. The normalized spacial score (nSPS) is 29.4. The summed E-state index contributed by atoms with van der Waals surface area (Å²) in [5.41, 5.74) is 4.30. The molecule has 0 saturated carbocycles. The zero-order chi connectivity index (χ0) is 16.8. The van der Waals surface area contributed by atoms with Crippen LogP contribution in [0, 0.1) is 17.8 Å². The summed E-state index contributed by atoms with van der Waals surface area (Å²) in [5, 5.41) is 10.3. The molecule has 4 atom stereocenters. The maximum atomic E-state index is 10.3. The molecule has 0 fully saturated rings. The molecule has 3 unspecified atom stereocenters. The predicted octanol–water partition coefficient (Wildman–Crippen LogP) is 5.98. The summed E-state index contributed by atoms with van der Waals surface area (Å²) in [6.45, 7) is 10.4. The van der Waals surface area contributed by atoms with Crippen LogP contribution in [0.25, 0.3) is 0 Å². The van der Waals surface area contributed by atoms with E-state index in [1.807, 2.05) is 6.08 Å². The maximum absolute atomic E-state index is 10.3. The summed E-state index contributed by atoms with van der Waals surface area (Å²) in [4.78, 5) is 0. The second-order valence-electron chi connectivity index (χ2n) is 7.68. The van der Waals surface area contributed by atoms with Gasteiger partial charge < -0.3 is 5.11 Å². The van der Waals surface area contributed by atoms with Crippen LogP contribution in [0.1, 0.15) is 65.7 Å². The molecular weight excluding hydrogens is 280 g/mol. The summed E-state index contributed by atoms with van der Waals surface area (Å²) < 4.78 is 0. The molecule has 2 rings (SSSR count). The van der Waals surface area contributed by atoms with E-state index in [1.54, 1.807) is 11.1 Å². The van der Waals surface area contributed by atoms with Gasteiger partial charge in [-0.3, -0.25) is 0 Å². The smallest absolute Gasteiger partial charge is 0.0778 e. The zero-order valence-corrected chi connectivity index (χ0v) is 15.2. The molecule has 1 nitrogen and oxygen atoms in total. The van der Waals surface area contributed by atoms with E-state index < -0.39 is 0 Å². The molecule has 0 aromatic heterocycles. The van der Waals surface area contributed by atoms with Crippen LogP contribution in [0.5, 0.6) is 0 Å². The Labute approximate surface area is 142 Å². The molecule has 0 amide bonds. The van der Waals surface area contributed by atoms with E-state index in [-0.39, 0.29) is 6.10 Å². The van der Waals surface area contributed by atoms with Gasteiger partial charge in [0, 0.05) is 0 Å². The Bertz CT molecular complexity index is 494. The van der Waals surface area contributed by atoms with E-state index in [4.69, 9.17) is 0 Å². The van der Waals surface area contributed by atoms with Crippen LogP contribution in [-0.4, -0.2) is 11.2 Å². The van der Waals surface area contributed by atoms with Crippen LogP contribution in [0.3, 0.4) is 0 Å². The fraction of sp³-hybridized carbons (Fsp3) is 0.636. The molecule has 0 aromatic rings. The molecule has 2 aliphatic rings. The van der Waals surface area contributed by atoms with E-state index in [9.17, 15) is 5.11 Å². The third-order valence-electron chi connectivity index (χ3n) is 5.80. The van der Waals surface area contributed by atoms with E-state index in [1.165, 1.54) is 32.1 Å². The van der Waals surface area contributed by atoms with Crippen molar-refractivity contribution in [2.45, 2.75) is 71.8 Å². The van der Waals surface area contributed by atoms with Crippen molar-refractivity contribution >= 4 is 0 Å². The van der Waals surface area contributed by atoms with E-state index in [0.717, 1.165) is 24.3 Å². The predicted molar refractivity (Wildman–Crippen MR) is 100 cm³/mol. The molecule has 0 aliphatic heterocycles. The minimum absolute atomic E-state index is 0.258. The quantitative estimate of drug-likeness (QED) is 0.573. The zero-order valence-electron chi connectivity index (χ0n) is 15.2. The first-order valence-electron chi connectivity index (χ1n) is 9.37. The molecule has 1 heteroatoms. The number of hydrogen-bond donors (Lipinski definition) is 1. The minimum Gasteiger partial charge on any atom is -0.388 e. The van der Waals surface area contributed by atoms with Crippen molar-refractivity contribution < 1.29 is 5.11 Å². The highest BCUT2D eigenvalue weighted by Crippen LogP contribution is 2.38. The summed E-state index contributed by atoms with van der Waals surface area (Å²) in [5.74, 6) is 1.64. The highest BCUT2D eigenvalue weighted by Gasteiger charge is 2.31. The summed E-state index contributed by atoms with van der Waals surface area (Å²) >= 11 is 0. The highest BCUT2D eigenvalue weighted by atomic mass is 16.3. The van der Waals surface area contributed by atoms with Crippen molar-refractivity contribution in [2.75, 3.05) is 0 Å². The second kappa shape index (κ2) is 8.68. The summed E-state index contributed by atoms with van der Waals surface area (Å²) in [7, 11) is 0. The first kappa shape index (κ1) is 18.3. The van der Waals surface area contributed by atoms with Crippen LogP contribution in [0.4, 0.5) is 0 Å². The third kappa shape index (κ3) is 4.94. The number of hydrogen-bond acceptors (Lipinski definition) is 1. The number of aliphatic hydroxyl groups excluding tert-OH is 1. The van der Waals surface area contributed by atoms with Crippen LogP contribution < -0.4 is 0 Å². The average Bonchev–Trinajstić information content (AvgIpc) is 2.54. The van der Waals surface area contributed by atoms with Crippen LogP contribution in [0.2, 0.25) is 0 Å². The van der Waals surface area contributed by atoms with Gasteiger partial charge in [0.2, 0.25) is 0 Å². The van der Waals surface area contributed by atoms with Gasteiger partial charge in [-0.2, -0.15) is 0 Å². The molecule has 0 saturated heterocycles. The fourth-order valence-electron chi connectivity index (χ4n) is 4.07. The average molecular weight is 315 g/mol. The molecule has 0 heterocycles. The first-order chi connectivity index (χ1) is 11.0. The lowest BCUT2D eigenvalue weighted by Crippen LogP contribution is -2.31. The van der Waals surface area contributed by atoms with Crippen molar-refractivity contribution in [1.29, 1.82) is 0 Å². The molecule has 0 spiro atoms. The second-order valence-corrected chi connectivity index (χ2v) is 7.68. The molecular formula is C22H34O. The van der Waals surface area contributed by atoms with Gasteiger partial charge in [0.05, 0.1) is 6.10 Å². The molecule has 2 aliphatic carbocycles. The molecule has 1 N–H and O–H groups in total. The topological polar surface area (TPSA) is 20.2 Å². The Kier molecular flexibility index (Phi) is 6.89. The van der Waals surface area contributed by atoms with Gasteiger partial charge in [0.25, 0.3) is 0 Å². The molecule has 0 aromatic carbocycles. The Morgan fingerprint density at radius 2 is 2.13 bits per heavy atom. The Hall–Kier alpha value is -1.08. The monoisotopic (exact) mass is 314 g/mol. The lowest BCUT2D eigenvalue weighted by Gasteiger charge is -2.35. The molecule has 23 heavy (non-hydrogen) atoms. The Morgan fingerprint density at radius 3 is 2.78 bits per heavy atom. The highest BCUT2D eigenvalue weighted by molar-refractivity contribution is 5.28. The Morgan fingerprint density at radius 1 is 1.35 bits per heavy atom. The van der Waals surface area contributed by atoms with Crippen molar-refractivity contribution in [3.63, 3.8) is 0 Å². The van der Waals surface area contributed by atoms with Crippen molar-refractivity contribution in [1.82, 2.24) is 0 Å². The van der Waals surface area contributed by atoms with Crippen molar-refractivity contribution in [3.8, 4) is 0 Å². The first-order valence-corrected chi connectivity index (χ1v) is 9.37. The number of rotatable bonds is 7. The standard InChI is InChI=1S/C22H34O/c1-5-7-16(2)8-6-9-19-11-13-20(14-12-19)21-15-10-17(3)22(23)18(21)4/h5,10-11,13,16,18,21-23H,1,6-9,12,14-15H2,2-4H3/t16?,18?,21?,22-/m0/s1. The molecule has 0 radical (unpaired) electrons. The number of allylic oxidation sites excluding steroid dienone is 6. The lowest BCUT2D eigenvalue weighted by atomic mass is 9.73. The fourth-order valence-corrected chi connectivity index (χ4v) is 4.07. The van der Waals surface area contributed by atoms with E-state index in [2.05, 4.69) is 45.6 Å². The van der Waals surface area contributed by atoms with E-state index >= 15 is 0 Å². The molecule has 0 bridgehead atoms. The Balaban J connectivity index is 1.87. The van der Waals surface area contributed by atoms with Crippen LogP contribution >= 0.6 is 0 Å². The van der Waals surface area contributed by atoms with Crippen molar-refractivity contribution in [3.05, 3.63) is 47.6 Å². The lowest BCUT2D eigenvalue weighted by molar-refractivity contribution is 0.113. The van der Waals surface area contributed by atoms with Gasteiger partial charge in [-0.1, -0.05) is 55.7 Å². The largest absolute Gasteiger partial charge is 0.388 e. The van der Waals surface area contributed by atoms with Gasteiger partial charge in [0.15, 0.2) is 0 Å². The third-order valence-corrected chi connectivity index (χ3v) is 5.80. The van der Waals surface area contributed by atoms with Crippen LogP contribution in [0.15, 0.2) is 47.6 Å². The van der Waals surface area contributed by atoms with Crippen LogP contribution in [-0.2, 0) is 0 Å². The minimum atomic E-state index is -0.258. The van der Waals surface area contributed by atoms with Gasteiger partial charge in [-0.05, 0) is 68.8 Å². The van der Waals surface area contributed by atoms with Gasteiger partial charge in [-0.15, -0.1) is 6.58 Å². The molecule has 128 valence electrons. The van der Waals surface area contributed by atoms with Crippen molar-refractivity contribution in [2.24, 2.45) is 17.8 Å². The number of aliphatic hydroxyl groups is 1. The SMILES string of the molecule is C=CCC(C)CCCC1=CC=C(C2CC=C(C)[C@H](O)C2C)CC1. The van der Waals surface area contributed by atoms with Gasteiger partial charge in [-0.25, -0.2) is 0 Å².